The summed E-state index contributed by atoms with van der Waals surface area (Å²) >= 11 is 0. The van der Waals surface area contributed by atoms with Gasteiger partial charge in [0.15, 0.2) is 0 Å². The van der Waals surface area contributed by atoms with Crippen LogP contribution in [0.1, 0.15) is 12.8 Å². The van der Waals surface area contributed by atoms with Gasteiger partial charge in [-0.15, -0.1) is 0 Å². The molecule has 0 spiro atoms. The van der Waals surface area contributed by atoms with E-state index in [1.165, 1.54) is 19.4 Å². The highest BCUT2D eigenvalue weighted by molar-refractivity contribution is 4.89. The normalized spacial score (nSPS) is 39.0. The molecule has 3 heteroatoms. The molecule has 64 valence electrons. The molecule has 0 bridgehead atoms. The molecule has 0 aliphatic carbocycles. The molecule has 0 radical (unpaired) electrons. The monoisotopic (exact) mass is 156 g/mol. The van der Waals surface area contributed by atoms with Crippen LogP contribution < -0.4 is 5.32 Å². The fourth-order valence-corrected chi connectivity index (χ4v) is 2.14. The van der Waals surface area contributed by atoms with Crippen molar-refractivity contribution in [3.8, 4) is 0 Å². The number of piperazine rings is 1. The number of aliphatic hydroxyl groups is 1. The first-order valence-corrected chi connectivity index (χ1v) is 4.48. The predicted octanol–water partition coefficient (Wildman–Crippen LogP) is -0.585. The first kappa shape index (κ1) is 7.53. The van der Waals surface area contributed by atoms with Gasteiger partial charge >= 0.3 is 0 Å². The lowest BCUT2D eigenvalue weighted by atomic mass is 10.1. The van der Waals surface area contributed by atoms with Crippen LogP contribution in [0.5, 0.6) is 0 Å². The lowest BCUT2D eigenvalue weighted by molar-refractivity contribution is 0.130. The molecule has 0 aromatic carbocycles. The Balaban J connectivity index is 1.91. The summed E-state index contributed by atoms with van der Waals surface area (Å²) in [4.78, 5) is 2.50. The lowest BCUT2D eigenvalue weighted by Gasteiger charge is -2.35. The first-order chi connectivity index (χ1) is 5.40. The van der Waals surface area contributed by atoms with E-state index in [2.05, 4.69) is 10.2 Å². The van der Waals surface area contributed by atoms with Crippen LogP contribution >= 0.6 is 0 Å². The zero-order chi connectivity index (χ0) is 7.68. The van der Waals surface area contributed by atoms with Gasteiger partial charge in [0.05, 0.1) is 6.61 Å². The smallest absolute Gasteiger partial charge is 0.0597 e. The Bertz CT molecular complexity index is 140. The van der Waals surface area contributed by atoms with Crippen molar-refractivity contribution < 1.29 is 5.11 Å². The molecule has 2 heterocycles. The molecule has 0 amide bonds. The van der Waals surface area contributed by atoms with Crippen LogP contribution in [0.15, 0.2) is 0 Å². The minimum absolute atomic E-state index is 0.281. The van der Waals surface area contributed by atoms with Gasteiger partial charge in [0, 0.05) is 25.2 Å². The van der Waals surface area contributed by atoms with E-state index >= 15 is 0 Å². The average Bonchev–Trinajstić information content (AvgIpc) is 2.50. The maximum absolute atomic E-state index is 8.92. The van der Waals surface area contributed by atoms with E-state index in [-0.39, 0.29) is 6.61 Å². The molecule has 2 N–H and O–H groups in total. The fraction of sp³-hybridized carbons (Fsp3) is 1.00. The van der Waals surface area contributed by atoms with E-state index in [1.54, 1.807) is 0 Å². The van der Waals surface area contributed by atoms with Gasteiger partial charge < -0.3 is 10.4 Å². The maximum Gasteiger partial charge on any atom is 0.0597 e. The Kier molecular flexibility index (Phi) is 2.11. The molecule has 3 nitrogen and oxygen atoms in total. The van der Waals surface area contributed by atoms with Crippen molar-refractivity contribution in [2.75, 3.05) is 26.2 Å². The third-order valence-corrected chi connectivity index (χ3v) is 2.82. The zero-order valence-corrected chi connectivity index (χ0v) is 6.79. The average molecular weight is 156 g/mol. The van der Waals surface area contributed by atoms with Gasteiger partial charge in [0.1, 0.15) is 0 Å². The number of hydrogen-bond acceptors (Lipinski definition) is 3. The van der Waals surface area contributed by atoms with Crippen LogP contribution in [-0.4, -0.2) is 48.3 Å². The second-order valence-corrected chi connectivity index (χ2v) is 3.58. The molecule has 2 saturated heterocycles. The van der Waals surface area contributed by atoms with Crippen molar-refractivity contribution in [2.24, 2.45) is 0 Å². The van der Waals surface area contributed by atoms with Crippen molar-refractivity contribution in [2.45, 2.75) is 24.9 Å². The van der Waals surface area contributed by atoms with Gasteiger partial charge in [-0.2, -0.15) is 0 Å². The molecule has 0 aromatic heterocycles. The summed E-state index contributed by atoms with van der Waals surface area (Å²) < 4.78 is 0. The second-order valence-electron chi connectivity index (χ2n) is 3.58. The highest BCUT2D eigenvalue weighted by Crippen LogP contribution is 2.19. The van der Waals surface area contributed by atoms with Gasteiger partial charge in [-0.1, -0.05) is 0 Å². The number of nitrogens with zero attached hydrogens (tertiary/aromatic N) is 1. The van der Waals surface area contributed by atoms with Crippen LogP contribution in [0.3, 0.4) is 0 Å². The Morgan fingerprint density at radius 2 is 2.45 bits per heavy atom. The van der Waals surface area contributed by atoms with Gasteiger partial charge in [0.2, 0.25) is 0 Å². The van der Waals surface area contributed by atoms with Crippen LogP contribution in [0.4, 0.5) is 0 Å². The van der Waals surface area contributed by atoms with Crippen LogP contribution in [0, 0.1) is 0 Å². The molecule has 2 atom stereocenters. The number of fused-ring (bicyclic) bond motifs is 1. The van der Waals surface area contributed by atoms with E-state index in [9.17, 15) is 0 Å². The summed E-state index contributed by atoms with van der Waals surface area (Å²) in [5.74, 6) is 0. The Hall–Kier alpha value is -0.120. The molecule has 0 unspecified atom stereocenters. The van der Waals surface area contributed by atoms with Crippen LogP contribution in [-0.2, 0) is 0 Å². The number of nitrogens with one attached hydrogen (secondary N) is 1. The SMILES string of the molecule is OC[C@H]1CN2CCC[C@@H]2CN1. The van der Waals surface area contributed by atoms with E-state index in [0.717, 1.165) is 19.1 Å². The molecule has 2 fully saturated rings. The zero-order valence-electron chi connectivity index (χ0n) is 6.79. The topological polar surface area (TPSA) is 35.5 Å². The van der Waals surface area contributed by atoms with E-state index in [0.29, 0.717) is 6.04 Å². The van der Waals surface area contributed by atoms with Gasteiger partial charge in [-0.3, -0.25) is 4.90 Å². The maximum atomic E-state index is 8.92. The number of aliphatic hydroxyl groups excluding tert-OH is 1. The van der Waals surface area contributed by atoms with Crippen molar-refractivity contribution in [3.05, 3.63) is 0 Å². The molecule has 2 aliphatic heterocycles. The number of hydrogen-bond donors (Lipinski definition) is 2. The van der Waals surface area contributed by atoms with Crippen molar-refractivity contribution in [3.63, 3.8) is 0 Å². The quantitative estimate of drug-likeness (QED) is 0.533. The number of rotatable bonds is 1. The predicted molar refractivity (Wildman–Crippen MR) is 43.5 cm³/mol. The van der Waals surface area contributed by atoms with Crippen LogP contribution in [0.25, 0.3) is 0 Å². The summed E-state index contributed by atoms with van der Waals surface area (Å²) in [6.45, 7) is 3.64. The molecule has 0 aromatic rings. The lowest BCUT2D eigenvalue weighted by Crippen LogP contribution is -2.55. The molecule has 2 rings (SSSR count). The van der Waals surface area contributed by atoms with Crippen molar-refractivity contribution in [1.82, 2.24) is 10.2 Å². The molecule has 0 saturated carbocycles. The largest absolute Gasteiger partial charge is 0.395 e. The van der Waals surface area contributed by atoms with Gasteiger partial charge in [-0.25, -0.2) is 0 Å². The Morgan fingerprint density at radius 1 is 1.55 bits per heavy atom. The fourth-order valence-electron chi connectivity index (χ4n) is 2.14. The van der Waals surface area contributed by atoms with Crippen molar-refractivity contribution >= 4 is 0 Å². The minimum atomic E-state index is 0.281. The van der Waals surface area contributed by atoms with Crippen LogP contribution in [0.2, 0.25) is 0 Å². The summed E-state index contributed by atoms with van der Waals surface area (Å²) in [7, 11) is 0. The third kappa shape index (κ3) is 1.41. The van der Waals surface area contributed by atoms with Gasteiger partial charge in [0.25, 0.3) is 0 Å². The Labute approximate surface area is 67.4 Å². The Morgan fingerprint density at radius 3 is 3.27 bits per heavy atom. The third-order valence-electron chi connectivity index (χ3n) is 2.82. The highest BCUT2D eigenvalue weighted by atomic mass is 16.3. The molecule has 2 aliphatic rings. The minimum Gasteiger partial charge on any atom is -0.395 e. The van der Waals surface area contributed by atoms with E-state index < -0.39 is 0 Å². The molecule has 11 heavy (non-hydrogen) atoms. The van der Waals surface area contributed by atoms with Gasteiger partial charge in [-0.05, 0) is 19.4 Å². The van der Waals surface area contributed by atoms with E-state index in [1.807, 2.05) is 0 Å². The van der Waals surface area contributed by atoms with Crippen molar-refractivity contribution in [1.29, 1.82) is 0 Å². The second kappa shape index (κ2) is 3.09. The summed E-state index contributed by atoms with van der Waals surface area (Å²) in [5.41, 5.74) is 0. The standard InChI is InChI=1S/C8H16N2O/c11-6-7-5-10-3-1-2-8(10)4-9-7/h7-9,11H,1-6H2/t7-,8-/m1/s1. The van der Waals surface area contributed by atoms with E-state index in [4.69, 9.17) is 5.11 Å². The molecular weight excluding hydrogens is 140 g/mol. The molecular formula is C8H16N2O. The summed E-state index contributed by atoms with van der Waals surface area (Å²) in [6, 6.07) is 1.09. The summed E-state index contributed by atoms with van der Waals surface area (Å²) in [5, 5.41) is 12.3. The summed E-state index contributed by atoms with van der Waals surface area (Å²) in [6.07, 6.45) is 2.68. The first-order valence-electron chi connectivity index (χ1n) is 4.48. The highest BCUT2D eigenvalue weighted by Gasteiger charge is 2.30.